The second kappa shape index (κ2) is 9.17. The first-order valence-corrected chi connectivity index (χ1v) is 12.4. The molecule has 0 saturated carbocycles. The molecule has 0 atom stereocenters. The molecule has 0 unspecified atom stereocenters. The lowest BCUT2D eigenvalue weighted by molar-refractivity contribution is 0.102. The normalized spacial score (nSPS) is 11.8. The molecule has 10 heteroatoms. The van der Waals surface area contributed by atoms with Crippen LogP contribution in [0.25, 0.3) is 10.2 Å². The van der Waals surface area contributed by atoms with Gasteiger partial charge < -0.3 is 0 Å². The van der Waals surface area contributed by atoms with Gasteiger partial charge in [-0.3, -0.25) is 10.1 Å². The first-order chi connectivity index (χ1) is 15.3. The standard InChI is InChI=1S/C22H17Cl2N3O3S2/c1-27(13-14-5-3-2-4-6-14)32(29,30)16-9-7-15(8-10-16)21(28)26-22-25-19-17(23)11-12-18(24)20(19)31-22/h2-12H,13H2,1H3,(H,25,26,28). The van der Waals surface area contributed by atoms with Gasteiger partial charge in [0.2, 0.25) is 10.0 Å². The number of halogens is 2. The fraction of sp³-hybridized carbons (Fsp3) is 0.0909. The number of amides is 1. The van der Waals surface area contributed by atoms with Crippen molar-refractivity contribution >= 4 is 65.8 Å². The van der Waals surface area contributed by atoms with Crippen LogP contribution in [0.4, 0.5) is 5.13 Å². The zero-order chi connectivity index (χ0) is 22.9. The lowest BCUT2D eigenvalue weighted by atomic mass is 10.2. The van der Waals surface area contributed by atoms with Gasteiger partial charge in [0.25, 0.3) is 5.91 Å². The number of aromatic nitrogens is 1. The Bertz CT molecular complexity index is 1350. The third kappa shape index (κ3) is 4.65. The first kappa shape index (κ1) is 22.7. The number of benzene rings is 3. The van der Waals surface area contributed by atoms with Gasteiger partial charge in [0.1, 0.15) is 5.52 Å². The molecule has 0 bridgehead atoms. The zero-order valence-electron chi connectivity index (χ0n) is 16.7. The van der Waals surface area contributed by atoms with Crippen molar-refractivity contribution in [3.8, 4) is 0 Å². The molecular formula is C22H17Cl2N3O3S2. The highest BCUT2D eigenvalue weighted by molar-refractivity contribution is 7.89. The summed E-state index contributed by atoms with van der Waals surface area (Å²) >= 11 is 13.5. The molecule has 1 amide bonds. The van der Waals surface area contributed by atoms with Crippen LogP contribution in [-0.2, 0) is 16.6 Å². The fourth-order valence-electron chi connectivity index (χ4n) is 3.05. The third-order valence-corrected chi connectivity index (χ3v) is 8.29. The van der Waals surface area contributed by atoms with E-state index in [4.69, 9.17) is 23.2 Å². The van der Waals surface area contributed by atoms with Crippen molar-refractivity contribution in [3.63, 3.8) is 0 Å². The molecule has 0 fully saturated rings. The highest BCUT2D eigenvalue weighted by Crippen LogP contribution is 2.36. The number of fused-ring (bicyclic) bond motifs is 1. The highest BCUT2D eigenvalue weighted by Gasteiger charge is 2.21. The summed E-state index contributed by atoms with van der Waals surface area (Å²) in [5, 5.41) is 3.99. The van der Waals surface area contributed by atoms with Crippen molar-refractivity contribution in [2.45, 2.75) is 11.4 Å². The Balaban J connectivity index is 1.50. The van der Waals surface area contributed by atoms with Crippen LogP contribution in [0.5, 0.6) is 0 Å². The van der Waals surface area contributed by atoms with E-state index in [-0.39, 0.29) is 11.4 Å². The summed E-state index contributed by atoms with van der Waals surface area (Å²) in [6, 6.07) is 18.4. The number of carbonyl (C=O) groups is 1. The molecular weight excluding hydrogens is 489 g/mol. The predicted octanol–water partition coefficient (Wildman–Crippen LogP) is 5.68. The number of anilines is 1. The largest absolute Gasteiger partial charge is 0.298 e. The fourth-order valence-corrected chi connectivity index (χ4v) is 5.63. The average molecular weight is 506 g/mol. The van der Waals surface area contributed by atoms with Crippen molar-refractivity contribution in [1.29, 1.82) is 0 Å². The summed E-state index contributed by atoms with van der Waals surface area (Å²) in [7, 11) is -2.18. The van der Waals surface area contributed by atoms with Crippen LogP contribution in [0.1, 0.15) is 15.9 Å². The molecule has 1 heterocycles. The molecule has 0 aliphatic rings. The molecule has 1 aromatic heterocycles. The van der Waals surface area contributed by atoms with E-state index in [0.29, 0.717) is 31.0 Å². The van der Waals surface area contributed by atoms with Gasteiger partial charge in [0, 0.05) is 19.2 Å². The lowest BCUT2D eigenvalue weighted by Crippen LogP contribution is -2.26. The summed E-state index contributed by atoms with van der Waals surface area (Å²) in [5.74, 6) is -0.419. The van der Waals surface area contributed by atoms with Crippen LogP contribution in [0, 0.1) is 0 Å². The number of nitrogens with one attached hydrogen (secondary N) is 1. The Hall–Kier alpha value is -2.49. The summed E-state index contributed by atoms with van der Waals surface area (Å²) in [5.41, 5.74) is 1.69. The Morgan fingerprint density at radius 1 is 1.00 bits per heavy atom. The van der Waals surface area contributed by atoms with Crippen LogP contribution < -0.4 is 5.32 Å². The van der Waals surface area contributed by atoms with Gasteiger partial charge in [0.15, 0.2) is 5.13 Å². The first-order valence-electron chi connectivity index (χ1n) is 9.42. The maximum atomic E-state index is 12.9. The van der Waals surface area contributed by atoms with Crippen molar-refractivity contribution in [1.82, 2.24) is 9.29 Å². The Morgan fingerprint density at radius 3 is 2.31 bits per heavy atom. The van der Waals surface area contributed by atoms with Crippen molar-refractivity contribution in [2.24, 2.45) is 0 Å². The third-order valence-electron chi connectivity index (χ3n) is 4.74. The quantitative estimate of drug-likeness (QED) is 0.365. The van der Waals surface area contributed by atoms with Crippen molar-refractivity contribution in [3.05, 3.63) is 87.9 Å². The number of hydrogen-bond acceptors (Lipinski definition) is 5. The van der Waals surface area contributed by atoms with Gasteiger partial charge in [0.05, 0.1) is 19.6 Å². The summed E-state index contributed by atoms with van der Waals surface area (Å²) in [6.45, 7) is 0.244. The number of carbonyl (C=O) groups excluding carboxylic acids is 1. The molecule has 4 rings (SSSR count). The number of sulfonamides is 1. The number of hydrogen-bond donors (Lipinski definition) is 1. The zero-order valence-corrected chi connectivity index (χ0v) is 19.9. The molecule has 164 valence electrons. The van der Waals surface area contributed by atoms with Gasteiger partial charge in [-0.2, -0.15) is 4.31 Å². The Morgan fingerprint density at radius 2 is 1.66 bits per heavy atom. The van der Waals surface area contributed by atoms with Gasteiger partial charge >= 0.3 is 0 Å². The molecule has 0 aliphatic carbocycles. The van der Waals surface area contributed by atoms with Crippen LogP contribution in [0.15, 0.2) is 71.6 Å². The summed E-state index contributed by atoms with van der Waals surface area (Å²) in [4.78, 5) is 17.1. The van der Waals surface area contributed by atoms with E-state index < -0.39 is 15.9 Å². The number of thiazole rings is 1. The van der Waals surface area contributed by atoms with Crippen LogP contribution in [0.3, 0.4) is 0 Å². The van der Waals surface area contributed by atoms with E-state index in [1.807, 2.05) is 30.3 Å². The maximum Gasteiger partial charge on any atom is 0.257 e. The SMILES string of the molecule is CN(Cc1ccccc1)S(=O)(=O)c1ccc(C(=O)Nc2nc3c(Cl)ccc(Cl)c3s2)cc1. The number of rotatable bonds is 6. The predicted molar refractivity (Wildman–Crippen MR) is 129 cm³/mol. The summed E-state index contributed by atoms with van der Waals surface area (Å²) < 4.78 is 27.7. The van der Waals surface area contributed by atoms with Gasteiger partial charge in [-0.25, -0.2) is 13.4 Å². The minimum Gasteiger partial charge on any atom is -0.298 e. The molecule has 1 N–H and O–H groups in total. The van der Waals surface area contributed by atoms with E-state index in [1.165, 1.54) is 47.0 Å². The van der Waals surface area contributed by atoms with Crippen LogP contribution in [-0.4, -0.2) is 30.7 Å². The van der Waals surface area contributed by atoms with Gasteiger partial charge in [-0.05, 0) is 42.0 Å². The summed E-state index contributed by atoms with van der Waals surface area (Å²) in [6.07, 6.45) is 0. The van der Waals surface area contributed by atoms with E-state index in [2.05, 4.69) is 10.3 Å². The molecule has 0 spiro atoms. The van der Waals surface area contributed by atoms with Crippen molar-refractivity contribution in [2.75, 3.05) is 12.4 Å². The van der Waals surface area contributed by atoms with Crippen LogP contribution >= 0.6 is 34.5 Å². The van der Waals surface area contributed by atoms with E-state index in [0.717, 1.165) is 5.56 Å². The second-order valence-corrected chi connectivity index (χ2v) is 10.8. The van der Waals surface area contributed by atoms with E-state index in [1.54, 1.807) is 12.1 Å². The average Bonchev–Trinajstić information content (AvgIpc) is 3.22. The highest BCUT2D eigenvalue weighted by atomic mass is 35.5. The molecule has 0 radical (unpaired) electrons. The molecule has 6 nitrogen and oxygen atoms in total. The second-order valence-electron chi connectivity index (χ2n) is 6.95. The lowest BCUT2D eigenvalue weighted by Gasteiger charge is -2.17. The Kier molecular flexibility index (Phi) is 6.50. The molecule has 3 aromatic carbocycles. The minimum absolute atomic E-state index is 0.103. The molecule has 0 aliphatic heterocycles. The molecule has 4 aromatic rings. The smallest absolute Gasteiger partial charge is 0.257 e. The van der Waals surface area contributed by atoms with Crippen LogP contribution in [0.2, 0.25) is 10.0 Å². The van der Waals surface area contributed by atoms with E-state index in [9.17, 15) is 13.2 Å². The monoisotopic (exact) mass is 505 g/mol. The minimum atomic E-state index is -3.70. The Labute approximate surface area is 199 Å². The van der Waals surface area contributed by atoms with Gasteiger partial charge in [-0.1, -0.05) is 64.9 Å². The maximum absolute atomic E-state index is 12.9. The van der Waals surface area contributed by atoms with Crippen molar-refractivity contribution < 1.29 is 13.2 Å². The van der Waals surface area contributed by atoms with Gasteiger partial charge in [-0.15, -0.1) is 0 Å². The van der Waals surface area contributed by atoms with E-state index >= 15 is 0 Å². The molecule has 32 heavy (non-hydrogen) atoms. The molecule has 0 saturated heterocycles. The number of nitrogens with zero attached hydrogens (tertiary/aromatic N) is 2. The topological polar surface area (TPSA) is 79.4 Å².